The van der Waals surface area contributed by atoms with E-state index in [1.54, 1.807) is 24.3 Å². The van der Waals surface area contributed by atoms with Gasteiger partial charge < -0.3 is 14.8 Å². The molecule has 2 N–H and O–H groups in total. The van der Waals surface area contributed by atoms with E-state index in [0.717, 1.165) is 5.56 Å². The lowest BCUT2D eigenvalue weighted by molar-refractivity contribution is 0.0960. The lowest BCUT2D eigenvalue weighted by atomic mass is 10.2. The van der Waals surface area contributed by atoms with Gasteiger partial charge >= 0.3 is 0 Å². The quantitative estimate of drug-likeness (QED) is 0.732. The van der Waals surface area contributed by atoms with Gasteiger partial charge in [-0.2, -0.15) is 0 Å². The normalized spacial score (nSPS) is 11.0. The molecular weight excluding hydrogens is 356 g/mol. The van der Waals surface area contributed by atoms with Crippen LogP contribution in [0.25, 0.3) is 0 Å². The SMILES string of the molecule is CCOc1cccc(CNS(=O)(=O)c2ccc(OC)c(C(=O)NC)c2)c1. The van der Waals surface area contributed by atoms with E-state index in [4.69, 9.17) is 9.47 Å². The van der Waals surface area contributed by atoms with Crippen molar-refractivity contribution in [2.24, 2.45) is 0 Å². The van der Waals surface area contributed by atoms with Crippen LogP contribution in [0.2, 0.25) is 0 Å². The molecule has 8 heteroatoms. The van der Waals surface area contributed by atoms with Crippen molar-refractivity contribution in [3.05, 3.63) is 53.6 Å². The van der Waals surface area contributed by atoms with E-state index in [2.05, 4.69) is 10.0 Å². The van der Waals surface area contributed by atoms with Gasteiger partial charge in [0.25, 0.3) is 5.91 Å². The summed E-state index contributed by atoms with van der Waals surface area (Å²) in [6, 6.07) is 11.3. The first-order valence-corrected chi connectivity index (χ1v) is 9.51. The number of amides is 1. The minimum atomic E-state index is -3.80. The van der Waals surface area contributed by atoms with Crippen LogP contribution in [-0.2, 0) is 16.6 Å². The van der Waals surface area contributed by atoms with Crippen LogP contribution in [0.1, 0.15) is 22.8 Å². The molecule has 0 saturated carbocycles. The van der Waals surface area contributed by atoms with Crippen molar-refractivity contribution in [1.82, 2.24) is 10.0 Å². The molecule has 0 radical (unpaired) electrons. The molecule has 140 valence electrons. The number of sulfonamides is 1. The number of ether oxygens (including phenoxy) is 2. The average Bonchev–Trinajstić information content (AvgIpc) is 2.66. The topological polar surface area (TPSA) is 93.7 Å². The van der Waals surface area contributed by atoms with E-state index >= 15 is 0 Å². The van der Waals surface area contributed by atoms with Gasteiger partial charge in [0.2, 0.25) is 10.0 Å². The van der Waals surface area contributed by atoms with Gasteiger partial charge in [0.15, 0.2) is 0 Å². The Morgan fingerprint density at radius 2 is 1.92 bits per heavy atom. The molecule has 0 saturated heterocycles. The van der Waals surface area contributed by atoms with Crippen molar-refractivity contribution in [2.75, 3.05) is 20.8 Å². The van der Waals surface area contributed by atoms with Crippen LogP contribution in [0, 0.1) is 0 Å². The molecule has 0 aliphatic rings. The Hall–Kier alpha value is -2.58. The van der Waals surface area contributed by atoms with Gasteiger partial charge in [-0.05, 0) is 42.8 Å². The summed E-state index contributed by atoms with van der Waals surface area (Å²) >= 11 is 0. The first kappa shape index (κ1) is 19.7. The van der Waals surface area contributed by atoms with E-state index in [9.17, 15) is 13.2 Å². The minimum absolute atomic E-state index is 0.0159. The van der Waals surface area contributed by atoms with E-state index < -0.39 is 15.9 Å². The van der Waals surface area contributed by atoms with Crippen molar-refractivity contribution in [2.45, 2.75) is 18.4 Å². The molecule has 7 nitrogen and oxygen atoms in total. The summed E-state index contributed by atoms with van der Waals surface area (Å²) in [6.07, 6.45) is 0. The monoisotopic (exact) mass is 378 g/mol. The molecule has 0 aliphatic carbocycles. The first-order chi connectivity index (χ1) is 12.4. The number of rotatable bonds is 8. The fraction of sp³-hybridized carbons (Fsp3) is 0.278. The highest BCUT2D eigenvalue weighted by atomic mass is 32.2. The number of carbonyl (C=O) groups is 1. The van der Waals surface area contributed by atoms with Gasteiger partial charge in [-0.25, -0.2) is 13.1 Å². The molecule has 2 aromatic rings. The zero-order chi connectivity index (χ0) is 19.2. The maximum absolute atomic E-state index is 12.6. The third kappa shape index (κ3) is 4.74. The number of nitrogens with one attached hydrogen (secondary N) is 2. The highest BCUT2D eigenvalue weighted by molar-refractivity contribution is 7.89. The largest absolute Gasteiger partial charge is 0.496 e. The number of methoxy groups -OCH3 is 1. The fourth-order valence-corrected chi connectivity index (χ4v) is 3.38. The second kappa shape index (κ2) is 8.68. The van der Waals surface area contributed by atoms with Crippen molar-refractivity contribution < 1.29 is 22.7 Å². The molecular formula is C18H22N2O5S. The molecule has 2 rings (SSSR count). The molecule has 1 amide bonds. The van der Waals surface area contributed by atoms with Crippen molar-refractivity contribution in [1.29, 1.82) is 0 Å². The van der Waals surface area contributed by atoms with E-state index in [0.29, 0.717) is 18.1 Å². The zero-order valence-corrected chi connectivity index (χ0v) is 15.7. The third-order valence-electron chi connectivity index (χ3n) is 3.63. The van der Waals surface area contributed by atoms with Crippen LogP contribution in [0.3, 0.4) is 0 Å². The first-order valence-electron chi connectivity index (χ1n) is 8.02. The predicted molar refractivity (Wildman–Crippen MR) is 98.0 cm³/mol. The van der Waals surface area contributed by atoms with E-state index in [1.807, 2.05) is 6.92 Å². The Balaban J connectivity index is 2.22. The van der Waals surface area contributed by atoms with Gasteiger partial charge in [-0.3, -0.25) is 4.79 Å². The van der Waals surface area contributed by atoms with E-state index in [-0.39, 0.29) is 17.0 Å². The third-order valence-corrected chi connectivity index (χ3v) is 5.03. The number of benzene rings is 2. The summed E-state index contributed by atoms with van der Waals surface area (Å²) in [6.45, 7) is 2.51. The van der Waals surface area contributed by atoms with Crippen LogP contribution in [0.4, 0.5) is 0 Å². The van der Waals surface area contributed by atoms with Gasteiger partial charge in [-0.1, -0.05) is 12.1 Å². The van der Waals surface area contributed by atoms with Crippen LogP contribution in [0.5, 0.6) is 11.5 Å². The molecule has 2 aromatic carbocycles. The van der Waals surface area contributed by atoms with Gasteiger partial charge in [-0.15, -0.1) is 0 Å². The molecule has 0 unspecified atom stereocenters. The van der Waals surface area contributed by atoms with Crippen LogP contribution in [0.15, 0.2) is 47.4 Å². The van der Waals surface area contributed by atoms with Crippen LogP contribution < -0.4 is 19.5 Å². The Morgan fingerprint density at radius 3 is 2.58 bits per heavy atom. The van der Waals surface area contributed by atoms with Crippen LogP contribution in [-0.4, -0.2) is 35.1 Å². The summed E-state index contributed by atoms with van der Waals surface area (Å²) in [7, 11) is -0.918. The maximum Gasteiger partial charge on any atom is 0.254 e. The van der Waals surface area contributed by atoms with Crippen LogP contribution >= 0.6 is 0 Å². The molecule has 0 aliphatic heterocycles. The average molecular weight is 378 g/mol. The molecule has 0 atom stereocenters. The molecule has 26 heavy (non-hydrogen) atoms. The molecule has 0 bridgehead atoms. The highest BCUT2D eigenvalue weighted by Crippen LogP contribution is 2.22. The molecule has 0 aromatic heterocycles. The number of hydrogen-bond acceptors (Lipinski definition) is 5. The fourth-order valence-electron chi connectivity index (χ4n) is 2.34. The Labute approximate surface area is 153 Å². The molecule has 0 spiro atoms. The van der Waals surface area contributed by atoms with Gasteiger partial charge in [0.05, 0.1) is 24.2 Å². The standard InChI is InChI=1S/C18H22N2O5S/c1-4-25-14-7-5-6-13(10-14)12-20-26(22,23)15-8-9-17(24-3)16(11-15)18(21)19-2/h5-11,20H,4,12H2,1-3H3,(H,19,21). The van der Waals surface area contributed by atoms with Crippen molar-refractivity contribution in [3.63, 3.8) is 0 Å². The Bertz CT molecular complexity index is 881. The lowest BCUT2D eigenvalue weighted by Gasteiger charge is -2.12. The molecule has 0 fully saturated rings. The number of carbonyl (C=O) groups excluding carboxylic acids is 1. The second-order valence-corrected chi connectivity index (χ2v) is 7.11. The van der Waals surface area contributed by atoms with Crippen molar-refractivity contribution in [3.8, 4) is 11.5 Å². The predicted octanol–water partition coefficient (Wildman–Crippen LogP) is 1.93. The number of hydrogen-bond donors (Lipinski definition) is 2. The minimum Gasteiger partial charge on any atom is -0.496 e. The summed E-state index contributed by atoms with van der Waals surface area (Å²) in [4.78, 5) is 11.9. The summed E-state index contributed by atoms with van der Waals surface area (Å²) in [5, 5.41) is 2.46. The zero-order valence-electron chi connectivity index (χ0n) is 14.9. The maximum atomic E-state index is 12.6. The highest BCUT2D eigenvalue weighted by Gasteiger charge is 2.19. The summed E-state index contributed by atoms with van der Waals surface area (Å²) in [5.74, 6) is 0.548. The van der Waals surface area contributed by atoms with Gasteiger partial charge in [0, 0.05) is 13.6 Å². The second-order valence-electron chi connectivity index (χ2n) is 5.35. The summed E-state index contributed by atoms with van der Waals surface area (Å²) < 4.78 is 38.2. The lowest BCUT2D eigenvalue weighted by Crippen LogP contribution is -2.24. The Kier molecular flexibility index (Phi) is 6.59. The van der Waals surface area contributed by atoms with Crippen molar-refractivity contribution >= 4 is 15.9 Å². The smallest absolute Gasteiger partial charge is 0.254 e. The Morgan fingerprint density at radius 1 is 1.15 bits per heavy atom. The van der Waals surface area contributed by atoms with E-state index in [1.165, 1.54) is 32.4 Å². The summed E-state index contributed by atoms with van der Waals surface area (Å²) in [5.41, 5.74) is 0.913. The molecule has 0 heterocycles. The van der Waals surface area contributed by atoms with Gasteiger partial charge in [0.1, 0.15) is 11.5 Å².